The van der Waals surface area contributed by atoms with Crippen LogP contribution in [0.2, 0.25) is 0 Å². The standard InChI is InChI=1S/C14H21NO3S/c1-10(2)12-6-4-5-7-13(12)15-14(17)11(3)19(18)9-8-16/h4-7,10-11,16H,8-9H2,1-3H3,(H,15,17). The minimum atomic E-state index is -1.35. The second-order valence-corrected chi connectivity index (χ2v) is 6.56. The van der Waals surface area contributed by atoms with Gasteiger partial charge in [-0.2, -0.15) is 0 Å². The summed E-state index contributed by atoms with van der Waals surface area (Å²) >= 11 is 0. The summed E-state index contributed by atoms with van der Waals surface area (Å²) in [6, 6.07) is 7.60. The number of nitrogens with one attached hydrogen (secondary N) is 1. The van der Waals surface area contributed by atoms with Gasteiger partial charge in [-0.3, -0.25) is 9.00 Å². The van der Waals surface area contributed by atoms with Crippen molar-refractivity contribution in [3.63, 3.8) is 0 Å². The van der Waals surface area contributed by atoms with Gasteiger partial charge in [0.05, 0.1) is 6.61 Å². The van der Waals surface area contributed by atoms with Crippen molar-refractivity contribution in [1.82, 2.24) is 0 Å². The van der Waals surface area contributed by atoms with E-state index in [1.165, 1.54) is 0 Å². The summed E-state index contributed by atoms with van der Waals surface area (Å²) in [6.07, 6.45) is 0. The third-order valence-electron chi connectivity index (χ3n) is 2.90. The monoisotopic (exact) mass is 283 g/mol. The molecule has 0 aliphatic rings. The highest BCUT2D eigenvalue weighted by Gasteiger charge is 2.20. The van der Waals surface area contributed by atoms with E-state index in [4.69, 9.17) is 5.11 Å². The lowest BCUT2D eigenvalue weighted by molar-refractivity contribution is -0.115. The van der Waals surface area contributed by atoms with Crippen LogP contribution in [-0.2, 0) is 15.6 Å². The molecule has 0 heterocycles. The minimum Gasteiger partial charge on any atom is -0.395 e. The van der Waals surface area contributed by atoms with Crippen molar-refractivity contribution in [2.45, 2.75) is 31.9 Å². The van der Waals surface area contributed by atoms with E-state index in [0.29, 0.717) is 5.92 Å². The van der Waals surface area contributed by atoms with Gasteiger partial charge in [0, 0.05) is 22.2 Å². The van der Waals surface area contributed by atoms with E-state index in [1.54, 1.807) is 6.92 Å². The molecule has 19 heavy (non-hydrogen) atoms. The molecule has 5 heteroatoms. The van der Waals surface area contributed by atoms with Crippen LogP contribution in [0.15, 0.2) is 24.3 Å². The fourth-order valence-corrected chi connectivity index (χ4v) is 2.57. The van der Waals surface area contributed by atoms with Gasteiger partial charge >= 0.3 is 0 Å². The van der Waals surface area contributed by atoms with Gasteiger partial charge in [-0.15, -0.1) is 0 Å². The Labute approximate surface area is 116 Å². The van der Waals surface area contributed by atoms with Crippen molar-refractivity contribution in [3.05, 3.63) is 29.8 Å². The molecule has 1 amide bonds. The number of para-hydroxylation sites is 1. The molecule has 4 nitrogen and oxygen atoms in total. The van der Waals surface area contributed by atoms with Gasteiger partial charge in [-0.05, 0) is 24.5 Å². The molecule has 0 aromatic heterocycles. The molecule has 0 aliphatic heterocycles. The summed E-state index contributed by atoms with van der Waals surface area (Å²) < 4.78 is 11.7. The molecule has 0 spiro atoms. The first-order valence-electron chi connectivity index (χ1n) is 6.35. The van der Waals surface area contributed by atoms with E-state index in [0.717, 1.165) is 11.3 Å². The third-order valence-corrected chi connectivity index (χ3v) is 4.48. The van der Waals surface area contributed by atoms with Crippen molar-refractivity contribution < 1.29 is 14.1 Å². The quantitative estimate of drug-likeness (QED) is 0.837. The predicted octanol–water partition coefficient (Wildman–Crippen LogP) is 1.88. The average molecular weight is 283 g/mol. The average Bonchev–Trinajstić information content (AvgIpc) is 2.38. The van der Waals surface area contributed by atoms with Gasteiger partial charge < -0.3 is 10.4 Å². The molecule has 1 rings (SSSR count). The Morgan fingerprint density at radius 3 is 2.53 bits per heavy atom. The first-order chi connectivity index (χ1) is 8.97. The third kappa shape index (κ3) is 4.44. The molecule has 0 radical (unpaired) electrons. The second-order valence-electron chi connectivity index (χ2n) is 4.68. The van der Waals surface area contributed by atoms with Crippen LogP contribution in [0.3, 0.4) is 0 Å². The van der Waals surface area contributed by atoms with Gasteiger partial charge in [-0.25, -0.2) is 0 Å². The second kappa shape index (κ2) is 7.40. The van der Waals surface area contributed by atoms with Crippen LogP contribution in [0.25, 0.3) is 0 Å². The van der Waals surface area contributed by atoms with E-state index in [1.807, 2.05) is 24.3 Å². The van der Waals surface area contributed by atoms with Gasteiger partial charge in [-0.1, -0.05) is 32.0 Å². The van der Waals surface area contributed by atoms with Crippen LogP contribution < -0.4 is 5.32 Å². The lowest BCUT2D eigenvalue weighted by Gasteiger charge is -2.16. The van der Waals surface area contributed by atoms with Crippen LogP contribution in [0.5, 0.6) is 0 Å². The first kappa shape index (κ1) is 15.9. The summed E-state index contributed by atoms with van der Waals surface area (Å²) in [5.41, 5.74) is 1.81. The number of hydrogen-bond donors (Lipinski definition) is 2. The Kier molecular flexibility index (Phi) is 6.18. The number of carbonyl (C=O) groups excluding carboxylic acids is 1. The highest BCUT2D eigenvalue weighted by atomic mass is 32.2. The lowest BCUT2D eigenvalue weighted by Crippen LogP contribution is -2.31. The van der Waals surface area contributed by atoms with Crippen LogP contribution in [0.4, 0.5) is 5.69 Å². The van der Waals surface area contributed by atoms with Gasteiger partial charge in [0.2, 0.25) is 5.91 Å². The highest BCUT2D eigenvalue weighted by Crippen LogP contribution is 2.23. The molecule has 2 atom stereocenters. The topological polar surface area (TPSA) is 66.4 Å². The zero-order valence-electron chi connectivity index (χ0n) is 11.6. The normalized spacial score (nSPS) is 14.2. The molecular weight excluding hydrogens is 262 g/mol. The number of benzene rings is 1. The SMILES string of the molecule is CC(C)c1ccccc1NC(=O)C(C)S(=O)CCO. The van der Waals surface area contributed by atoms with E-state index in [-0.39, 0.29) is 18.3 Å². The Bertz CT molecular complexity index is 460. The van der Waals surface area contributed by atoms with Gasteiger partial charge in [0.25, 0.3) is 0 Å². The fourth-order valence-electron chi connectivity index (χ4n) is 1.73. The smallest absolute Gasteiger partial charge is 0.239 e. The zero-order chi connectivity index (χ0) is 14.4. The maximum atomic E-state index is 12.0. The maximum absolute atomic E-state index is 12.0. The van der Waals surface area contributed by atoms with Crippen molar-refractivity contribution in [2.24, 2.45) is 0 Å². The highest BCUT2D eigenvalue weighted by molar-refractivity contribution is 7.86. The number of aliphatic hydroxyl groups excluding tert-OH is 1. The van der Waals surface area contributed by atoms with E-state index < -0.39 is 16.0 Å². The first-order valence-corrected chi connectivity index (χ1v) is 7.73. The van der Waals surface area contributed by atoms with Crippen molar-refractivity contribution in [1.29, 1.82) is 0 Å². The summed E-state index contributed by atoms with van der Waals surface area (Å²) in [7, 11) is -1.35. The molecule has 0 fully saturated rings. The minimum absolute atomic E-state index is 0.125. The lowest BCUT2D eigenvalue weighted by atomic mass is 10.0. The number of hydrogen-bond acceptors (Lipinski definition) is 3. The molecule has 2 unspecified atom stereocenters. The summed E-state index contributed by atoms with van der Waals surface area (Å²) in [5.74, 6) is 0.148. The molecule has 0 saturated heterocycles. The number of carbonyl (C=O) groups is 1. The number of rotatable bonds is 6. The summed E-state index contributed by atoms with van der Waals surface area (Å²) in [5, 5.41) is 10.9. The molecule has 0 saturated carbocycles. The van der Waals surface area contributed by atoms with E-state index in [2.05, 4.69) is 19.2 Å². The Morgan fingerprint density at radius 2 is 1.95 bits per heavy atom. The van der Waals surface area contributed by atoms with Crippen molar-refractivity contribution in [3.8, 4) is 0 Å². The van der Waals surface area contributed by atoms with Gasteiger partial charge in [0.15, 0.2) is 0 Å². The molecule has 0 aliphatic carbocycles. The number of anilines is 1. The van der Waals surface area contributed by atoms with Crippen molar-refractivity contribution in [2.75, 3.05) is 17.7 Å². The summed E-state index contributed by atoms with van der Waals surface area (Å²) in [6.45, 7) is 5.54. The Balaban J connectivity index is 2.80. The maximum Gasteiger partial charge on any atom is 0.239 e. The van der Waals surface area contributed by atoms with E-state index in [9.17, 15) is 9.00 Å². The van der Waals surface area contributed by atoms with Crippen LogP contribution >= 0.6 is 0 Å². The molecule has 1 aromatic rings. The molecule has 0 bridgehead atoms. The molecule has 2 N–H and O–H groups in total. The van der Waals surface area contributed by atoms with Crippen molar-refractivity contribution >= 4 is 22.4 Å². The zero-order valence-corrected chi connectivity index (χ0v) is 12.4. The fraction of sp³-hybridized carbons (Fsp3) is 0.500. The largest absolute Gasteiger partial charge is 0.395 e. The number of aliphatic hydroxyl groups is 1. The van der Waals surface area contributed by atoms with Crippen LogP contribution in [-0.4, -0.2) is 32.8 Å². The Morgan fingerprint density at radius 1 is 1.32 bits per heavy atom. The molecule has 1 aromatic carbocycles. The van der Waals surface area contributed by atoms with Gasteiger partial charge in [0.1, 0.15) is 5.25 Å². The van der Waals surface area contributed by atoms with Crippen LogP contribution in [0, 0.1) is 0 Å². The number of amides is 1. The van der Waals surface area contributed by atoms with Crippen LogP contribution in [0.1, 0.15) is 32.3 Å². The predicted molar refractivity (Wildman–Crippen MR) is 78.7 cm³/mol. The summed E-state index contributed by atoms with van der Waals surface area (Å²) in [4.78, 5) is 12.0. The molecule has 106 valence electrons. The van der Waals surface area contributed by atoms with E-state index >= 15 is 0 Å². The molecular formula is C14H21NO3S. The Hall–Kier alpha value is -1.20.